The number of nitrogens with two attached hydrogens (primary N) is 1. The van der Waals surface area contributed by atoms with Crippen LogP contribution in [0.5, 0.6) is 0 Å². The number of benzene rings is 1. The monoisotopic (exact) mass is 296 g/mol. The maximum atomic E-state index is 12.6. The first kappa shape index (κ1) is 15.3. The Labute approximate surface area is 121 Å². The van der Waals surface area contributed by atoms with E-state index >= 15 is 0 Å². The van der Waals surface area contributed by atoms with Gasteiger partial charge in [-0.05, 0) is 68.2 Å². The lowest BCUT2D eigenvalue weighted by atomic mass is 10.1. The molecule has 1 aromatic rings. The molecule has 0 spiro atoms. The number of nitrogen functional groups attached to an aromatic ring is 1. The third-order valence-electron chi connectivity index (χ3n) is 4.37. The van der Waals surface area contributed by atoms with Crippen molar-refractivity contribution < 1.29 is 8.42 Å². The summed E-state index contributed by atoms with van der Waals surface area (Å²) in [5.41, 5.74) is 8.77. The molecule has 1 unspecified atom stereocenters. The van der Waals surface area contributed by atoms with Gasteiger partial charge in [0, 0.05) is 12.2 Å². The van der Waals surface area contributed by atoms with Crippen LogP contribution < -0.4 is 10.5 Å². The molecular weight excluding hydrogens is 272 g/mol. The minimum Gasteiger partial charge on any atom is -0.398 e. The Balaban J connectivity index is 2.29. The molecule has 2 rings (SSSR count). The summed E-state index contributed by atoms with van der Waals surface area (Å²) in [6.07, 6.45) is 2.44. The summed E-state index contributed by atoms with van der Waals surface area (Å²) in [5.74, 6) is 1.08. The highest BCUT2D eigenvalue weighted by Gasteiger charge is 2.29. The second-order valence-corrected chi connectivity index (χ2v) is 7.73. The Morgan fingerprint density at radius 1 is 1.30 bits per heavy atom. The molecule has 3 N–H and O–H groups in total. The highest BCUT2D eigenvalue weighted by molar-refractivity contribution is 7.89. The van der Waals surface area contributed by atoms with Gasteiger partial charge in [-0.2, -0.15) is 0 Å². The van der Waals surface area contributed by atoms with Gasteiger partial charge in [0.15, 0.2) is 0 Å². The van der Waals surface area contributed by atoms with E-state index in [4.69, 9.17) is 5.73 Å². The largest absolute Gasteiger partial charge is 0.398 e. The predicted molar refractivity (Wildman–Crippen MR) is 82.1 cm³/mol. The Hall–Kier alpha value is -1.07. The van der Waals surface area contributed by atoms with Gasteiger partial charge in [-0.1, -0.05) is 6.92 Å². The molecule has 0 saturated heterocycles. The van der Waals surface area contributed by atoms with Crippen LogP contribution in [-0.4, -0.2) is 15.0 Å². The summed E-state index contributed by atoms with van der Waals surface area (Å²) in [6, 6.07) is 1.83. The van der Waals surface area contributed by atoms with Crippen LogP contribution in [0.15, 0.2) is 11.0 Å². The van der Waals surface area contributed by atoms with Crippen molar-refractivity contribution in [3.63, 3.8) is 0 Å². The number of anilines is 1. The SMILES string of the molecule is Cc1cc(N)c(C)c(S(=O)(=O)NCC(C)C2CC2)c1C. The fourth-order valence-electron chi connectivity index (χ4n) is 2.59. The maximum absolute atomic E-state index is 12.6. The van der Waals surface area contributed by atoms with E-state index in [1.807, 2.05) is 19.9 Å². The molecule has 0 aliphatic heterocycles. The molecule has 0 bridgehead atoms. The molecule has 4 nitrogen and oxygen atoms in total. The molecule has 0 aromatic heterocycles. The van der Waals surface area contributed by atoms with Gasteiger partial charge in [0.05, 0.1) is 4.90 Å². The summed E-state index contributed by atoms with van der Waals surface area (Å²) < 4.78 is 27.9. The van der Waals surface area contributed by atoms with E-state index in [0.29, 0.717) is 34.5 Å². The zero-order valence-corrected chi connectivity index (χ0v) is 13.5. The minimum absolute atomic E-state index is 0.345. The predicted octanol–water partition coefficient (Wildman–Crippen LogP) is 2.52. The van der Waals surface area contributed by atoms with Crippen LogP contribution in [0.3, 0.4) is 0 Å². The standard InChI is InChI=1S/C15H24N2O2S/c1-9-7-14(16)12(4)15(11(9)3)20(18,19)17-8-10(2)13-5-6-13/h7,10,13,17H,5-6,8,16H2,1-4H3. The molecule has 5 heteroatoms. The molecule has 1 aliphatic carbocycles. The average molecular weight is 296 g/mol. The first-order valence-corrected chi connectivity index (χ1v) is 8.58. The topological polar surface area (TPSA) is 72.2 Å². The van der Waals surface area contributed by atoms with Crippen LogP contribution in [0.25, 0.3) is 0 Å². The van der Waals surface area contributed by atoms with Crippen molar-refractivity contribution in [3.05, 3.63) is 22.8 Å². The van der Waals surface area contributed by atoms with Crippen LogP contribution in [-0.2, 0) is 10.0 Å². The fourth-order valence-corrected chi connectivity index (χ4v) is 4.30. The zero-order valence-electron chi connectivity index (χ0n) is 12.7. The first-order valence-electron chi connectivity index (χ1n) is 7.10. The quantitative estimate of drug-likeness (QED) is 0.820. The van der Waals surface area contributed by atoms with Gasteiger partial charge in [0.25, 0.3) is 0 Å². The number of aryl methyl sites for hydroxylation is 1. The fraction of sp³-hybridized carbons (Fsp3) is 0.600. The third kappa shape index (κ3) is 2.99. The molecule has 1 saturated carbocycles. The number of hydrogen-bond donors (Lipinski definition) is 2. The zero-order chi connectivity index (χ0) is 15.1. The Morgan fingerprint density at radius 2 is 1.90 bits per heavy atom. The maximum Gasteiger partial charge on any atom is 0.241 e. The van der Waals surface area contributed by atoms with Gasteiger partial charge in [-0.25, -0.2) is 13.1 Å². The van der Waals surface area contributed by atoms with E-state index in [2.05, 4.69) is 11.6 Å². The van der Waals surface area contributed by atoms with E-state index in [0.717, 1.165) is 11.1 Å². The van der Waals surface area contributed by atoms with Gasteiger partial charge in [-0.15, -0.1) is 0 Å². The van der Waals surface area contributed by atoms with Crippen molar-refractivity contribution in [2.24, 2.45) is 11.8 Å². The molecule has 1 atom stereocenters. The number of nitrogens with one attached hydrogen (secondary N) is 1. The van der Waals surface area contributed by atoms with Gasteiger partial charge >= 0.3 is 0 Å². The molecule has 1 aliphatic rings. The van der Waals surface area contributed by atoms with Crippen molar-refractivity contribution in [1.29, 1.82) is 0 Å². The summed E-state index contributed by atoms with van der Waals surface area (Å²) >= 11 is 0. The van der Waals surface area contributed by atoms with Crippen LogP contribution in [0.2, 0.25) is 0 Å². The Kier molecular flexibility index (Phi) is 4.12. The van der Waals surface area contributed by atoms with E-state index in [1.54, 1.807) is 6.92 Å². The van der Waals surface area contributed by atoms with Crippen LogP contribution >= 0.6 is 0 Å². The summed E-state index contributed by atoms with van der Waals surface area (Å²) in [5, 5.41) is 0. The van der Waals surface area contributed by atoms with Gasteiger partial charge in [-0.3, -0.25) is 0 Å². The van der Waals surface area contributed by atoms with Gasteiger partial charge < -0.3 is 5.73 Å². The Morgan fingerprint density at radius 3 is 2.45 bits per heavy atom. The summed E-state index contributed by atoms with van der Waals surface area (Å²) in [4.78, 5) is 0.345. The van der Waals surface area contributed by atoms with E-state index in [9.17, 15) is 8.42 Å². The Bertz CT molecular complexity index is 593. The van der Waals surface area contributed by atoms with Gasteiger partial charge in [0.1, 0.15) is 0 Å². The second-order valence-electron chi connectivity index (χ2n) is 6.03. The normalized spacial score (nSPS) is 17.2. The van der Waals surface area contributed by atoms with Crippen molar-refractivity contribution in [2.75, 3.05) is 12.3 Å². The second kappa shape index (κ2) is 5.37. The number of hydrogen-bond acceptors (Lipinski definition) is 3. The molecule has 0 radical (unpaired) electrons. The average Bonchev–Trinajstić information content (AvgIpc) is 3.18. The molecular formula is C15H24N2O2S. The lowest BCUT2D eigenvalue weighted by molar-refractivity contribution is 0.491. The molecule has 112 valence electrons. The highest BCUT2D eigenvalue weighted by Crippen LogP contribution is 2.36. The van der Waals surface area contributed by atoms with Gasteiger partial charge in [0.2, 0.25) is 10.0 Å². The first-order chi connectivity index (χ1) is 9.24. The van der Waals surface area contributed by atoms with Crippen LogP contribution in [0.1, 0.15) is 36.5 Å². The summed E-state index contributed by atoms with van der Waals surface area (Å²) in [7, 11) is -3.50. The third-order valence-corrected chi connectivity index (χ3v) is 6.07. The van der Waals surface area contributed by atoms with E-state index < -0.39 is 10.0 Å². The van der Waals surface area contributed by atoms with Crippen molar-refractivity contribution in [3.8, 4) is 0 Å². The van der Waals surface area contributed by atoms with Crippen molar-refractivity contribution >= 4 is 15.7 Å². The lowest BCUT2D eigenvalue weighted by Gasteiger charge is -2.17. The molecule has 1 aromatic carbocycles. The van der Waals surface area contributed by atoms with E-state index in [1.165, 1.54) is 12.8 Å². The minimum atomic E-state index is -3.50. The molecule has 0 amide bonds. The molecule has 0 heterocycles. The summed E-state index contributed by atoms with van der Waals surface area (Å²) in [6.45, 7) is 8.09. The van der Waals surface area contributed by atoms with Crippen LogP contribution in [0, 0.1) is 32.6 Å². The highest BCUT2D eigenvalue weighted by atomic mass is 32.2. The lowest BCUT2D eigenvalue weighted by Crippen LogP contribution is -2.30. The molecule has 1 fully saturated rings. The smallest absolute Gasteiger partial charge is 0.241 e. The number of sulfonamides is 1. The molecule has 20 heavy (non-hydrogen) atoms. The van der Waals surface area contributed by atoms with Crippen molar-refractivity contribution in [1.82, 2.24) is 4.72 Å². The van der Waals surface area contributed by atoms with Crippen molar-refractivity contribution in [2.45, 2.75) is 45.4 Å². The van der Waals surface area contributed by atoms with E-state index in [-0.39, 0.29) is 0 Å². The number of rotatable bonds is 5. The van der Waals surface area contributed by atoms with Crippen LogP contribution in [0.4, 0.5) is 5.69 Å².